The molecule has 0 radical (unpaired) electrons. The van der Waals surface area contributed by atoms with Gasteiger partial charge in [0.1, 0.15) is 5.82 Å². The van der Waals surface area contributed by atoms with Gasteiger partial charge in [-0.3, -0.25) is 0 Å². The largest absolute Gasteiger partial charge is 0.395 e. The molecule has 0 saturated carbocycles. The highest BCUT2D eigenvalue weighted by Crippen LogP contribution is 2.15. The number of carbonyl (C=O) groups excluding carboxylic acids is 1. The Morgan fingerprint density at radius 2 is 2.24 bits per heavy atom. The summed E-state index contributed by atoms with van der Waals surface area (Å²) in [7, 11) is 0. The molecule has 0 fully saturated rings. The monoisotopic (exact) mass is 240 g/mol. The lowest BCUT2D eigenvalue weighted by Crippen LogP contribution is -2.38. The number of carbonyl (C=O) groups is 1. The topological polar surface area (TPSA) is 61.4 Å². The van der Waals surface area contributed by atoms with Gasteiger partial charge in [0.05, 0.1) is 12.6 Å². The van der Waals surface area contributed by atoms with E-state index in [1.807, 2.05) is 0 Å². The van der Waals surface area contributed by atoms with Crippen molar-refractivity contribution >= 4 is 6.03 Å². The second-order valence-electron chi connectivity index (χ2n) is 3.85. The molecule has 0 aliphatic heterocycles. The SMILES string of the molecule is Cc1ccc(C(C)NC(=O)NCCO)cc1F. The number of urea groups is 1. The van der Waals surface area contributed by atoms with Crippen LogP contribution in [0.2, 0.25) is 0 Å². The highest BCUT2D eigenvalue weighted by molar-refractivity contribution is 5.74. The van der Waals surface area contributed by atoms with Crippen LogP contribution in [0.4, 0.5) is 9.18 Å². The number of nitrogens with one attached hydrogen (secondary N) is 2. The maximum absolute atomic E-state index is 13.3. The quantitative estimate of drug-likeness (QED) is 0.746. The van der Waals surface area contributed by atoms with Gasteiger partial charge in [-0.25, -0.2) is 9.18 Å². The summed E-state index contributed by atoms with van der Waals surface area (Å²) in [5, 5.41) is 13.7. The van der Waals surface area contributed by atoms with Crippen molar-refractivity contribution in [1.82, 2.24) is 10.6 Å². The summed E-state index contributed by atoms with van der Waals surface area (Å²) < 4.78 is 13.3. The molecular formula is C12H17FN2O2. The zero-order valence-electron chi connectivity index (χ0n) is 9.96. The van der Waals surface area contributed by atoms with Gasteiger partial charge >= 0.3 is 6.03 Å². The molecule has 3 N–H and O–H groups in total. The number of benzene rings is 1. The van der Waals surface area contributed by atoms with Crippen molar-refractivity contribution in [1.29, 1.82) is 0 Å². The minimum atomic E-state index is -0.382. The Kier molecular flexibility index (Phi) is 4.90. The molecule has 0 spiro atoms. The Balaban J connectivity index is 2.60. The Morgan fingerprint density at radius 1 is 1.53 bits per heavy atom. The van der Waals surface area contributed by atoms with Gasteiger partial charge in [-0.15, -0.1) is 0 Å². The molecule has 0 aliphatic carbocycles. The van der Waals surface area contributed by atoms with Crippen LogP contribution in [0.25, 0.3) is 0 Å². The summed E-state index contributed by atoms with van der Waals surface area (Å²) >= 11 is 0. The van der Waals surface area contributed by atoms with E-state index in [2.05, 4.69) is 10.6 Å². The third-order valence-electron chi connectivity index (χ3n) is 2.44. The van der Waals surface area contributed by atoms with Crippen molar-refractivity contribution in [2.75, 3.05) is 13.2 Å². The van der Waals surface area contributed by atoms with Crippen molar-refractivity contribution in [2.45, 2.75) is 19.9 Å². The number of amides is 2. The number of aliphatic hydroxyl groups is 1. The summed E-state index contributed by atoms with van der Waals surface area (Å²) in [5.41, 5.74) is 1.28. The lowest BCUT2D eigenvalue weighted by Gasteiger charge is -2.15. The highest BCUT2D eigenvalue weighted by Gasteiger charge is 2.10. The van der Waals surface area contributed by atoms with E-state index in [9.17, 15) is 9.18 Å². The highest BCUT2D eigenvalue weighted by atomic mass is 19.1. The van der Waals surface area contributed by atoms with Crippen LogP contribution in [0, 0.1) is 12.7 Å². The third kappa shape index (κ3) is 4.03. The Morgan fingerprint density at radius 3 is 2.82 bits per heavy atom. The van der Waals surface area contributed by atoms with Gasteiger partial charge in [0, 0.05) is 6.54 Å². The van der Waals surface area contributed by atoms with Gasteiger partial charge in [0.2, 0.25) is 0 Å². The van der Waals surface area contributed by atoms with Crippen LogP contribution < -0.4 is 10.6 Å². The molecule has 2 amide bonds. The molecule has 0 bridgehead atoms. The van der Waals surface area contributed by atoms with Crippen LogP contribution in [-0.2, 0) is 0 Å². The van der Waals surface area contributed by atoms with Gasteiger partial charge < -0.3 is 15.7 Å². The van der Waals surface area contributed by atoms with Crippen molar-refractivity contribution < 1.29 is 14.3 Å². The van der Waals surface area contributed by atoms with Crippen molar-refractivity contribution in [3.05, 3.63) is 35.1 Å². The maximum Gasteiger partial charge on any atom is 0.315 e. The second kappa shape index (κ2) is 6.20. The first-order chi connectivity index (χ1) is 8.04. The molecule has 1 aromatic rings. The Labute approximate surface area is 99.8 Å². The number of aryl methyl sites for hydroxylation is 1. The molecule has 17 heavy (non-hydrogen) atoms. The van der Waals surface area contributed by atoms with Crippen LogP contribution in [0.3, 0.4) is 0 Å². The molecule has 0 saturated heterocycles. The Bertz CT molecular complexity index is 396. The molecule has 5 heteroatoms. The fourth-order valence-corrected chi connectivity index (χ4v) is 1.38. The summed E-state index contributed by atoms with van der Waals surface area (Å²) in [4.78, 5) is 11.3. The number of aliphatic hydroxyl groups excluding tert-OH is 1. The van der Waals surface area contributed by atoms with Crippen LogP contribution in [0.1, 0.15) is 24.1 Å². The van der Waals surface area contributed by atoms with E-state index < -0.39 is 0 Å². The van der Waals surface area contributed by atoms with Gasteiger partial charge in [-0.1, -0.05) is 12.1 Å². The average Bonchev–Trinajstić information content (AvgIpc) is 2.30. The molecule has 0 aromatic heterocycles. The van der Waals surface area contributed by atoms with E-state index in [1.54, 1.807) is 26.0 Å². The fourth-order valence-electron chi connectivity index (χ4n) is 1.38. The Hall–Kier alpha value is -1.62. The van der Waals surface area contributed by atoms with E-state index in [0.717, 1.165) is 0 Å². The number of rotatable bonds is 4. The summed E-state index contributed by atoms with van der Waals surface area (Å²) in [6.45, 7) is 3.54. The molecule has 4 nitrogen and oxygen atoms in total. The maximum atomic E-state index is 13.3. The average molecular weight is 240 g/mol. The summed E-state index contributed by atoms with van der Waals surface area (Å²) in [6, 6.07) is 4.19. The molecule has 1 aromatic carbocycles. The fraction of sp³-hybridized carbons (Fsp3) is 0.417. The molecule has 1 atom stereocenters. The van der Waals surface area contributed by atoms with Crippen LogP contribution in [-0.4, -0.2) is 24.3 Å². The smallest absolute Gasteiger partial charge is 0.315 e. The van der Waals surface area contributed by atoms with E-state index in [4.69, 9.17) is 5.11 Å². The van der Waals surface area contributed by atoms with Crippen molar-refractivity contribution in [3.63, 3.8) is 0 Å². The zero-order chi connectivity index (χ0) is 12.8. The summed E-state index contributed by atoms with van der Waals surface area (Å²) in [5.74, 6) is -0.285. The minimum Gasteiger partial charge on any atom is -0.395 e. The van der Waals surface area contributed by atoms with E-state index in [1.165, 1.54) is 6.07 Å². The van der Waals surface area contributed by atoms with Crippen molar-refractivity contribution in [3.8, 4) is 0 Å². The lowest BCUT2D eigenvalue weighted by molar-refractivity contribution is 0.231. The predicted octanol–water partition coefficient (Wildman–Crippen LogP) is 1.49. The van der Waals surface area contributed by atoms with Crippen LogP contribution in [0.15, 0.2) is 18.2 Å². The molecule has 0 aliphatic rings. The molecule has 1 rings (SSSR count). The summed E-state index contributed by atoms with van der Waals surface area (Å²) in [6.07, 6.45) is 0. The first-order valence-corrected chi connectivity index (χ1v) is 5.46. The van der Waals surface area contributed by atoms with Gasteiger partial charge in [0.25, 0.3) is 0 Å². The molecule has 0 heterocycles. The normalized spacial score (nSPS) is 12.0. The first kappa shape index (κ1) is 13.4. The first-order valence-electron chi connectivity index (χ1n) is 5.46. The van der Waals surface area contributed by atoms with Crippen molar-refractivity contribution in [2.24, 2.45) is 0 Å². The molecular weight excluding hydrogens is 223 g/mol. The second-order valence-corrected chi connectivity index (χ2v) is 3.85. The standard InChI is InChI=1S/C12H17FN2O2/c1-8-3-4-10(7-11(8)13)9(2)15-12(17)14-5-6-16/h3-4,7,9,16H,5-6H2,1-2H3,(H2,14,15,17). The van der Waals surface area contributed by atoms with Gasteiger partial charge in [-0.05, 0) is 31.0 Å². The number of halogens is 1. The predicted molar refractivity (Wildman–Crippen MR) is 63.2 cm³/mol. The van der Waals surface area contributed by atoms with E-state index in [-0.39, 0.29) is 31.0 Å². The van der Waals surface area contributed by atoms with E-state index in [0.29, 0.717) is 11.1 Å². The van der Waals surface area contributed by atoms with Gasteiger partial charge in [-0.2, -0.15) is 0 Å². The molecule has 1 unspecified atom stereocenters. The minimum absolute atomic E-state index is 0.110. The third-order valence-corrected chi connectivity index (χ3v) is 2.44. The number of hydrogen-bond donors (Lipinski definition) is 3. The van der Waals surface area contributed by atoms with Crippen LogP contribution >= 0.6 is 0 Å². The van der Waals surface area contributed by atoms with Crippen LogP contribution in [0.5, 0.6) is 0 Å². The van der Waals surface area contributed by atoms with E-state index >= 15 is 0 Å². The zero-order valence-corrected chi connectivity index (χ0v) is 9.96. The lowest BCUT2D eigenvalue weighted by atomic mass is 10.1. The molecule has 94 valence electrons. The number of hydrogen-bond acceptors (Lipinski definition) is 2. The van der Waals surface area contributed by atoms with Gasteiger partial charge in [0.15, 0.2) is 0 Å².